The maximum absolute atomic E-state index is 12.4. The molecule has 6 heteroatoms. The van der Waals surface area contributed by atoms with E-state index in [4.69, 9.17) is 0 Å². The molecule has 2 aliphatic rings. The fourth-order valence-corrected chi connectivity index (χ4v) is 3.62. The van der Waals surface area contributed by atoms with Gasteiger partial charge >= 0.3 is 6.03 Å². The molecule has 0 bridgehead atoms. The summed E-state index contributed by atoms with van der Waals surface area (Å²) in [4.78, 5) is 29.1. The lowest BCUT2D eigenvalue weighted by Crippen LogP contribution is -2.46. The van der Waals surface area contributed by atoms with Gasteiger partial charge in [0.2, 0.25) is 0 Å². The standard InChI is InChI=1S/C20H30N4O2/c1-3-23(4-2)19(25)15-6-5-7-17(14-15)22-20(26)21-16-10-12-24(13-11-16)18-8-9-18/h5-7,14,16,18H,3-4,8-13H2,1-2H3,(H2,21,22,26). The first-order chi connectivity index (χ1) is 12.6. The van der Waals surface area contributed by atoms with Crippen LogP contribution in [0, 0.1) is 0 Å². The molecule has 1 heterocycles. The van der Waals surface area contributed by atoms with Gasteiger partial charge in [-0.25, -0.2) is 4.79 Å². The van der Waals surface area contributed by atoms with Gasteiger partial charge in [0, 0.05) is 49.5 Å². The maximum atomic E-state index is 12.4. The Morgan fingerprint density at radius 1 is 1.12 bits per heavy atom. The molecule has 2 N–H and O–H groups in total. The number of benzene rings is 1. The SMILES string of the molecule is CCN(CC)C(=O)c1cccc(NC(=O)NC2CCN(C3CC3)CC2)c1. The third-order valence-electron chi connectivity index (χ3n) is 5.35. The highest BCUT2D eigenvalue weighted by atomic mass is 16.2. The zero-order valence-electron chi connectivity index (χ0n) is 15.8. The van der Waals surface area contributed by atoms with E-state index >= 15 is 0 Å². The van der Waals surface area contributed by atoms with Crippen molar-refractivity contribution in [2.24, 2.45) is 0 Å². The second-order valence-corrected chi connectivity index (χ2v) is 7.20. The van der Waals surface area contributed by atoms with Gasteiger partial charge in [-0.1, -0.05) is 6.07 Å². The van der Waals surface area contributed by atoms with Gasteiger partial charge in [-0.15, -0.1) is 0 Å². The van der Waals surface area contributed by atoms with Gasteiger partial charge in [0.05, 0.1) is 0 Å². The van der Waals surface area contributed by atoms with E-state index in [9.17, 15) is 9.59 Å². The molecule has 2 fully saturated rings. The summed E-state index contributed by atoms with van der Waals surface area (Å²) in [6.45, 7) is 7.42. The second kappa shape index (κ2) is 8.54. The zero-order chi connectivity index (χ0) is 18.5. The van der Waals surface area contributed by atoms with Crippen LogP contribution in [0.25, 0.3) is 0 Å². The van der Waals surface area contributed by atoms with E-state index in [0.29, 0.717) is 24.3 Å². The highest BCUT2D eigenvalue weighted by Gasteiger charge is 2.32. The molecule has 1 saturated heterocycles. The number of carbonyl (C=O) groups is 2. The highest BCUT2D eigenvalue weighted by molar-refractivity contribution is 5.96. The Kier molecular flexibility index (Phi) is 6.14. The quantitative estimate of drug-likeness (QED) is 0.822. The van der Waals surface area contributed by atoms with Gasteiger partial charge in [-0.3, -0.25) is 4.79 Å². The number of nitrogens with one attached hydrogen (secondary N) is 2. The first-order valence-electron chi connectivity index (χ1n) is 9.81. The molecule has 0 spiro atoms. The minimum absolute atomic E-state index is 0.00786. The molecule has 1 aliphatic carbocycles. The molecule has 142 valence electrons. The van der Waals surface area contributed by atoms with E-state index < -0.39 is 0 Å². The fourth-order valence-electron chi connectivity index (χ4n) is 3.62. The Morgan fingerprint density at radius 3 is 2.42 bits per heavy atom. The Balaban J connectivity index is 1.51. The van der Waals surface area contributed by atoms with Crippen LogP contribution in [0.5, 0.6) is 0 Å². The minimum Gasteiger partial charge on any atom is -0.339 e. The van der Waals surface area contributed by atoms with Gasteiger partial charge in [-0.2, -0.15) is 0 Å². The van der Waals surface area contributed by atoms with Gasteiger partial charge in [0.15, 0.2) is 0 Å². The summed E-state index contributed by atoms with van der Waals surface area (Å²) >= 11 is 0. The van der Waals surface area contributed by atoms with Crippen LogP contribution in [-0.4, -0.2) is 60.0 Å². The van der Waals surface area contributed by atoms with Crippen LogP contribution in [0.4, 0.5) is 10.5 Å². The number of rotatable bonds is 6. The summed E-state index contributed by atoms with van der Waals surface area (Å²) in [5.41, 5.74) is 1.25. The van der Waals surface area contributed by atoms with Crippen molar-refractivity contribution < 1.29 is 9.59 Å². The molecule has 1 aliphatic heterocycles. The summed E-state index contributed by atoms with van der Waals surface area (Å²) in [5.74, 6) is -0.00786. The number of piperidine rings is 1. The molecule has 3 rings (SSSR count). The molecule has 1 saturated carbocycles. The minimum atomic E-state index is -0.192. The van der Waals surface area contributed by atoms with Crippen molar-refractivity contribution in [1.29, 1.82) is 0 Å². The number of hydrogen-bond donors (Lipinski definition) is 2. The van der Waals surface area contributed by atoms with E-state index in [0.717, 1.165) is 32.0 Å². The lowest BCUT2D eigenvalue weighted by molar-refractivity contribution is 0.0773. The Hall–Kier alpha value is -2.08. The number of amides is 3. The van der Waals surface area contributed by atoms with E-state index in [2.05, 4.69) is 15.5 Å². The molecule has 1 aromatic carbocycles. The van der Waals surface area contributed by atoms with E-state index in [1.54, 1.807) is 23.1 Å². The van der Waals surface area contributed by atoms with E-state index in [1.165, 1.54) is 12.8 Å². The first kappa shape index (κ1) is 18.7. The molecule has 6 nitrogen and oxygen atoms in total. The first-order valence-corrected chi connectivity index (χ1v) is 9.81. The van der Waals surface area contributed by atoms with Gasteiger partial charge < -0.3 is 20.4 Å². The number of hydrogen-bond acceptors (Lipinski definition) is 3. The van der Waals surface area contributed by atoms with Gasteiger partial charge in [-0.05, 0) is 57.7 Å². The molecule has 0 unspecified atom stereocenters. The number of nitrogens with zero attached hydrogens (tertiary/aromatic N) is 2. The number of likely N-dealkylation sites (tertiary alicyclic amines) is 1. The summed E-state index contributed by atoms with van der Waals surface area (Å²) < 4.78 is 0. The molecule has 26 heavy (non-hydrogen) atoms. The summed E-state index contributed by atoms with van der Waals surface area (Å²) in [7, 11) is 0. The van der Waals surface area contributed by atoms with E-state index in [-0.39, 0.29) is 18.0 Å². The largest absolute Gasteiger partial charge is 0.339 e. The predicted molar refractivity (Wildman–Crippen MR) is 103 cm³/mol. The van der Waals surface area contributed by atoms with E-state index in [1.807, 2.05) is 19.9 Å². The predicted octanol–water partition coefficient (Wildman–Crippen LogP) is 2.92. The Morgan fingerprint density at radius 2 is 1.81 bits per heavy atom. The summed E-state index contributed by atoms with van der Waals surface area (Å²) in [5, 5.41) is 5.94. The Labute approximate surface area is 155 Å². The molecule has 3 amide bonds. The molecule has 0 aromatic heterocycles. The number of urea groups is 1. The van der Waals surface area contributed by atoms with Crippen molar-refractivity contribution in [2.45, 2.75) is 51.6 Å². The van der Waals surface area contributed by atoms with Crippen LogP contribution < -0.4 is 10.6 Å². The average molecular weight is 358 g/mol. The van der Waals surface area contributed by atoms with Gasteiger partial charge in [0.25, 0.3) is 5.91 Å². The average Bonchev–Trinajstić information content (AvgIpc) is 3.48. The van der Waals surface area contributed by atoms with Crippen molar-refractivity contribution in [1.82, 2.24) is 15.1 Å². The van der Waals surface area contributed by atoms with Crippen molar-refractivity contribution in [3.63, 3.8) is 0 Å². The van der Waals surface area contributed by atoms with Crippen LogP contribution in [0.15, 0.2) is 24.3 Å². The van der Waals surface area contributed by atoms with Crippen LogP contribution in [0.3, 0.4) is 0 Å². The number of carbonyl (C=O) groups excluding carboxylic acids is 2. The molecular formula is C20H30N4O2. The zero-order valence-corrected chi connectivity index (χ0v) is 15.8. The lowest BCUT2D eigenvalue weighted by Gasteiger charge is -2.32. The smallest absolute Gasteiger partial charge is 0.319 e. The fraction of sp³-hybridized carbons (Fsp3) is 0.600. The second-order valence-electron chi connectivity index (χ2n) is 7.20. The monoisotopic (exact) mass is 358 g/mol. The van der Waals surface area contributed by atoms with Crippen molar-refractivity contribution >= 4 is 17.6 Å². The Bertz CT molecular complexity index is 632. The highest BCUT2D eigenvalue weighted by Crippen LogP contribution is 2.29. The van der Waals surface area contributed by atoms with Crippen LogP contribution in [0.2, 0.25) is 0 Å². The van der Waals surface area contributed by atoms with Crippen LogP contribution in [0.1, 0.15) is 49.9 Å². The molecular weight excluding hydrogens is 328 g/mol. The number of anilines is 1. The summed E-state index contributed by atoms with van der Waals surface area (Å²) in [6.07, 6.45) is 4.68. The van der Waals surface area contributed by atoms with Crippen LogP contribution >= 0.6 is 0 Å². The maximum Gasteiger partial charge on any atom is 0.319 e. The van der Waals surface area contributed by atoms with Gasteiger partial charge in [0.1, 0.15) is 0 Å². The topological polar surface area (TPSA) is 64.7 Å². The molecule has 0 atom stereocenters. The third-order valence-corrected chi connectivity index (χ3v) is 5.35. The third kappa shape index (κ3) is 4.75. The lowest BCUT2D eigenvalue weighted by atomic mass is 10.1. The summed E-state index contributed by atoms with van der Waals surface area (Å²) in [6, 6.07) is 7.99. The van der Waals surface area contributed by atoms with Crippen LogP contribution in [-0.2, 0) is 0 Å². The molecule has 1 aromatic rings. The van der Waals surface area contributed by atoms with Crippen molar-refractivity contribution in [3.05, 3.63) is 29.8 Å². The van der Waals surface area contributed by atoms with Crippen molar-refractivity contribution in [2.75, 3.05) is 31.5 Å². The molecule has 0 radical (unpaired) electrons. The normalized spacial score (nSPS) is 18.4. The van der Waals surface area contributed by atoms with Crippen molar-refractivity contribution in [3.8, 4) is 0 Å².